The number of piperidine rings is 1. The van der Waals surface area contributed by atoms with Gasteiger partial charge in [0.25, 0.3) is 0 Å². The maximum atomic E-state index is 12.4. The Kier molecular flexibility index (Phi) is 7.35. The summed E-state index contributed by atoms with van der Waals surface area (Å²) in [6.45, 7) is 2.84. The van der Waals surface area contributed by atoms with Crippen LogP contribution in [0.5, 0.6) is 0 Å². The fourth-order valence-electron chi connectivity index (χ4n) is 2.72. The van der Waals surface area contributed by atoms with E-state index in [1.165, 1.54) is 6.92 Å². The quantitative estimate of drug-likeness (QED) is 0.883. The molecule has 2 rings (SSSR count). The molecule has 0 aromatic heterocycles. The molecule has 5 nitrogen and oxygen atoms in total. The number of benzene rings is 1. The van der Waals surface area contributed by atoms with Gasteiger partial charge in [-0.1, -0.05) is 30.3 Å². The molecule has 0 bridgehead atoms. The number of carbonyl (C=O) groups is 2. The smallest absolute Gasteiger partial charge is 0.225 e. The van der Waals surface area contributed by atoms with Gasteiger partial charge in [0, 0.05) is 26.1 Å². The van der Waals surface area contributed by atoms with Crippen LogP contribution >= 0.6 is 12.4 Å². The average Bonchev–Trinajstić information content (AvgIpc) is 2.47. The van der Waals surface area contributed by atoms with E-state index in [2.05, 4.69) is 5.32 Å². The van der Waals surface area contributed by atoms with Gasteiger partial charge < -0.3 is 16.0 Å². The summed E-state index contributed by atoms with van der Waals surface area (Å²) in [7, 11) is 0. The topological polar surface area (TPSA) is 75.4 Å². The Bertz CT molecular complexity index is 495. The van der Waals surface area contributed by atoms with Crippen LogP contribution in [0, 0.1) is 0 Å². The van der Waals surface area contributed by atoms with Gasteiger partial charge in [0.1, 0.15) is 0 Å². The highest BCUT2D eigenvalue weighted by Crippen LogP contribution is 2.19. The van der Waals surface area contributed by atoms with Crippen molar-refractivity contribution in [1.29, 1.82) is 0 Å². The number of nitrogens with one attached hydrogen (secondary N) is 1. The lowest BCUT2D eigenvalue weighted by Gasteiger charge is -2.32. The van der Waals surface area contributed by atoms with E-state index >= 15 is 0 Å². The number of carbonyl (C=O) groups excluding carboxylic acids is 2. The number of hydrogen-bond acceptors (Lipinski definition) is 3. The van der Waals surface area contributed by atoms with Crippen LogP contribution in [0.1, 0.15) is 37.8 Å². The van der Waals surface area contributed by atoms with Crippen molar-refractivity contribution in [2.24, 2.45) is 5.73 Å². The van der Waals surface area contributed by atoms with Crippen LogP contribution in [-0.4, -0.2) is 35.8 Å². The molecule has 1 aliphatic heterocycles. The zero-order valence-corrected chi connectivity index (χ0v) is 13.6. The van der Waals surface area contributed by atoms with Crippen molar-refractivity contribution in [2.75, 3.05) is 13.1 Å². The molecule has 3 N–H and O–H groups in total. The molecule has 1 aromatic carbocycles. The van der Waals surface area contributed by atoms with Crippen LogP contribution in [0.4, 0.5) is 0 Å². The third kappa shape index (κ3) is 5.31. The molecule has 2 unspecified atom stereocenters. The molecular weight excluding hydrogens is 302 g/mol. The predicted octanol–water partition coefficient (Wildman–Crippen LogP) is 1.63. The molecule has 0 spiro atoms. The largest absolute Gasteiger partial charge is 0.349 e. The Morgan fingerprint density at radius 2 is 2.05 bits per heavy atom. The minimum Gasteiger partial charge on any atom is -0.349 e. The molecule has 2 atom stereocenters. The molecule has 1 saturated heterocycles. The van der Waals surface area contributed by atoms with Crippen molar-refractivity contribution in [2.45, 2.75) is 38.3 Å². The van der Waals surface area contributed by atoms with Gasteiger partial charge in [-0.15, -0.1) is 12.4 Å². The minimum atomic E-state index is -0.283. The summed E-state index contributed by atoms with van der Waals surface area (Å²) in [6.07, 6.45) is 2.19. The lowest BCUT2D eigenvalue weighted by Crippen LogP contribution is -2.46. The molecule has 1 aromatic rings. The lowest BCUT2D eigenvalue weighted by molar-refractivity contribution is -0.133. The first-order valence-corrected chi connectivity index (χ1v) is 7.41. The number of nitrogens with two attached hydrogens (primary N) is 1. The monoisotopic (exact) mass is 325 g/mol. The Morgan fingerprint density at radius 1 is 1.36 bits per heavy atom. The Balaban J connectivity index is 0.00000242. The van der Waals surface area contributed by atoms with E-state index in [0.29, 0.717) is 6.54 Å². The maximum Gasteiger partial charge on any atom is 0.225 e. The summed E-state index contributed by atoms with van der Waals surface area (Å²) in [6, 6.07) is 9.37. The van der Waals surface area contributed by atoms with Crippen LogP contribution in [0.25, 0.3) is 0 Å². The fourth-order valence-corrected chi connectivity index (χ4v) is 2.72. The molecule has 1 fully saturated rings. The number of amides is 2. The van der Waals surface area contributed by atoms with Crippen molar-refractivity contribution in [1.82, 2.24) is 10.2 Å². The first-order chi connectivity index (χ1) is 10.1. The van der Waals surface area contributed by atoms with Crippen molar-refractivity contribution in [3.63, 3.8) is 0 Å². The first-order valence-electron chi connectivity index (χ1n) is 7.41. The second-order valence-corrected chi connectivity index (χ2v) is 5.61. The number of likely N-dealkylation sites (tertiary alicyclic amines) is 1. The Labute approximate surface area is 137 Å². The summed E-state index contributed by atoms with van der Waals surface area (Å²) in [4.78, 5) is 25.6. The maximum absolute atomic E-state index is 12.4. The molecule has 122 valence electrons. The Hall–Kier alpha value is -1.59. The highest BCUT2D eigenvalue weighted by atomic mass is 35.5. The number of halogens is 1. The second kappa shape index (κ2) is 8.76. The average molecular weight is 326 g/mol. The third-order valence-electron chi connectivity index (χ3n) is 3.77. The molecule has 0 saturated carbocycles. The molecule has 1 heterocycles. The second-order valence-electron chi connectivity index (χ2n) is 5.61. The summed E-state index contributed by atoms with van der Waals surface area (Å²) < 4.78 is 0. The van der Waals surface area contributed by atoms with Crippen molar-refractivity contribution >= 4 is 24.2 Å². The highest BCUT2D eigenvalue weighted by Gasteiger charge is 2.24. The van der Waals surface area contributed by atoms with E-state index < -0.39 is 0 Å². The third-order valence-corrected chi connectivity index (χ3v) is 3.77. The van der Waals surface area contributed by atoms with Crippen LogP contribution in [0.3, 0.4) is 0 Å². The molecule has 6 heteroatoms. The van der Waals surface area contributed by atoms with Crippen molar-refractivity contribution in [3.8, 4) is 0 Å². The standard InChI is InChI=1S/C16H23N3O2.ClH/c1-12(20)18-15(13-6-3-2-4-7-13)10-16(21)19-9-5-8-14(17)11-19;/h2-4,6-7,14-15H,5,8-11,17H2,1H3,(H,18,20);1H. The van der Waals surface area contributed by atoms with Crippen LogP contribution in [0.2, 0.25) is 0 Å². The predicted molar refractivity (Wildman–Crippen MR) is 88.7 cm³/mol. The van der Waals surface area contributed by atoms with E-state index in [0.717, 1.165) is 24.9 Å². The number of nitrogens with zero attached hydrogens (tertiary/aromatic N) is 1. The zero-order chi connectivity index (χ0) is 15.2. The van der Waals surface area contributed by atoms with Gasteiger partial charge in [-0.25, -0.2) is 0 Å². The SMILES string of the molecule is CC(=O)NC(CC(=O)N1CCCC(N)C1)c1ccccc1.Cl. The van der Waals surface area contributed by atoms with E-state index in [4.69, 9.17) is 5.73 Å². The molecular formula is C16H24ClN3O2. The van der Waals surface area contributed by atoms with Gasteiger partial charge in [-0.2, -0.15) is 0 Å². The summed E-state index contributed by atoms with van der Waals surface area (Å²) in [5.74, 6) is -0.0836. The van der Waals surface area contributed by atoms with Gasteiger partial charge in [-0.3, -0.25) is 9.59 Å². The van der Waals surface area contributed by atoms with Crippen LogP contribution in [0.15, 0.2) is 30.3 Å². The Morgan fingerprint density at radius 3 is 2.64 bits per heavy atom. The van der Waals surface area contributed by atoms with Gasteiger partial charge >= 0.3 is 0 Å². The zero-order valence-electron chi connectivity index (χ0n) is 12.8. The van der Waals surface area contributed by atoms with Crippen molar-refractivity contribution < 1.29 is 9.59 Å². The van der Waals surface area contributed by atoms with Crippen LogP contribution in [-0.2, 0) is 9.59 Å². The highest BCUT2D eigenvalue weighted by molar-refractivity contribution is 5.85. The molecule has 0 aliphatic carbocycles. The van der Waals surface area contributed by atoms with Crippen LogP contribution < -0.4 is 11.1 Å². The summed E-state index contributed by atoms with van der Waals surface area (Å²) in [5.41, 5.74) is 6.87. The lowest BCUT2D eigenvalue weighted by atomic mass is 10.0. The number of rotatable bonds is 4. The number of hydrogen-bond donors (Lipinski definition) is 2. The first kappa shape index (κ1) is 18.5. The van der Waals surface area contributed by atoms with Gasteiger partial charge in [0.2, 0.25) is 11.8 Å². The summed E-state index contributed by atoms with van der Waals surface area (Å²) in [5, 5.41) is 2.86. The molecule has 22 heavy (non-hydrogen) atoms. The van der Waals surface area contributed by atoms with Crippen molar-refractivity contribution in [3.05, 3.63) is 35.9 Å². The molecule has 1 aliphatic rings. The normalized spacial score (nSPS) is 19.0. The fraction of sp³-hybridized carbons (Fsp3) is 0.500. The minimum absolute atomic E-state index is 0. The summed E-state index contributed by atoms with van der Waals surface area (Å²) >= 11 is 0. The molecule has 0 radical (unpaired) electrons. The van der Waals surface area contributed by atoms with E-state index in [1.807, 2.05) is 35.2 Å². The van der Waals surface area contributed by atoms with Gasteiger partial charge in [0.15, 0.2) is 0 Å². The molecule has 2 amide bonds. The van der Waals surface area contributed by atoms with E-state index in [9.17, 15) is 9.59 Å². The van der Waals surface area contributed by atoms with E-state index in [1.54, 1.807) is 0 Å². The van der Waals surface area contributed by atoms with Gasteiger partial charge in [0.05, 0.1) is 12.5 Å². The van der Waals surface area contributed by atoms with Gasteiger partial charge in [-0.05, 0) is 18.4 Å². The van der Waals surface area contributed by atoms with E-state index in [-0.39, 0.29) is 42.7 Å².